The van der Waals surface area contributed by atoms with E-state index in [1.54, 1.807) is 0 Å². The van der Waals surface area contributed by atoms with E-state index in [1.165, 1.54) is 0 Å². The molecule has 2 rings (SSSR count). The van der Waals surface area contributed by atoms with Gasteiger partial charge in [-0.25, -0.2) is 13.6 Å². The number of rotatable bonds is 1. The van der Waals surface area contributed by atoms with E-state index in [0.717, 1.165) is 12.1 Å². The summed E-state index contributed by atoms with van der Waals surface area (Å²) in [4.78, 5) is 10.9. The van der Waals surface area contributed by atoms with E-state index in [2.05, 4.69) is 10.1 Å². The first-order valence-electron chi connectivity index (χ1n) is 4.65. The molecule has 1 N–H and O–H groups in total. The van der Waals surface area contributed by atoms with Gasteiger partial charge in [-0.05, 0) is 12.1 Å². The van der Waals surface area contributed by atoms with Gasteiger partial charge in [0.15, 0.2) is 0 Å². The van der Waals surface area contributed by atoms with Crippen molar-refractivity contribution >= 4 is 30.1 Å². The first-order valence-corrected chi connectivity index (χ1v) is 5.03. The third-order valence-electron chi connectivity index (χ3n) is 2.32. The molecular formula is C10H9Cl2F2NO2. The smallest absolute Gasteiger partial charge is 0.407 e. The lowest BCUT2D eigenvalue weighted by Gasteiger charge is -2.24. The van der Waals surface area contributed by atoms with Crippen LogP contribution in [-0.4, -0.2) is 12.7 Å². The van der Waals surface area contributed by atoms with Gasteiger partial charge in [-0.3, -0.25) is 0 Å². The molecule has 1 aromatic carbocycles. The first kappa shape index (κ1) is 14.0. The predicted octanol–water partition coefficient (Wildman–Crippen LogP) is 3.21. The lowest BCUT2D eigenvalue weighted by Crippen LogP contribution is -2.36. The Hall–Kier alpha value is -1.07. The van der Waals surface area contributed by atoms with Crippen molar-refractivity contribution in [3.05, 3.63) is 34.4 Å². The summed E-state index contributed by atoms with van der Waals surface area (Å²) in [6, 6.07) is 1.32. The Morgan fingerprint density at radius 1 is 1.35 bits per heavy atom. The van der Waals surface area contributed by atoms with Crippen LogP contribution < -0.4 is 5.32 Å². The van der Waals surface area contributed by atoms with Crippen molar-refractivity contribution < 1.29 is 18.3 Å². The van der Waals surface area contributed by atoms with E-state index in [4.69, 9.17) is 11.6 Å². The molecule has 0 aromatic heterocycles. The zero-order valence-electron chi connectivity index (χ0n) is 8.50. The minimum Gasteiger partial charge on any atom is -0.449 e. The Kier molecular flexibility index (Phi) is 4.54. The van der Waals surface area contributed by atoms with E-state index in [9.17, 15) is 13.6 Å². The lowest BCUT2D eigenvalue weighted by atomic mass is 10.0. The van der Waals surface area contributed by atoms with Crippen LogP contribution in [0.1, 0.15) is 18.0 Å². The molecule has 1 aliphatic rings. The Morgan fingerprint density at radius 3 is 2.47 bits per heavy atom. The fraction of sp³-hybridized carbons (Fsp3) is 0.300. The Balaban J connectivity index is 0.00000144. The third kappa shape index (κ3) is 2.98. The summed E-state index contributed by atoms with van der Waals surface area (Å²) in [6.45, 7) is 0.137. The van der Waals surface area contributed by atoms with Crippen molar-refractivity contribution in [2.75, 3.05) is 6.61 Å². The summed E-state index contributed by atoms with van der Waals surface area (Å²) < 4.78 is 31.6. The van der Waals surface area contributed by atoms with Crippen LogP contribution in [0.2, 0.25) is 5.02 Å². The van der Waals surface area contributed by atoms with Crippen molar-refractivity contribution in [2.24, 2.45) is 0 Å². The minimum absolute atomic E-state index is 0. The second-order valence-corrected chi connectivity index (χ2v) is 3.84. The van der Waals surface area contributed by atoms with Crippen LogP contribution in [0.25, 0.3) is 0 Å². The number of benzene rings is 1. The maximum Gasteiger partial charge on any atom is 0.407 e. The molecule has 94 valence electrons. The average Bonchev–Trinajstić information content (AvgIpc) is 2.15. The number of cyclic esters (lactones) is 1. The van der Waals surface area contributed by atoms with E-state index in [-0.39, 0.29) is 29.6 Å². The minimum atomic E-state index is -0.766. The van der Waals surface area contributed by atoms with Crippen LogP contribution in [0.15, 0.2) is 12.1 Å². The number of hydrogen-bond acceptors (Lipinski definition) is 2. The number of carbonyl (C=O) groups is 1. The van der Waals surface area contributed by atoms with Crippen molar-refractivity contribution in [1.29, 1.82) is 0 Å². The van der Waals surface area contributed by atoms with Crippen LogP contribution >= 0.6 is 24.0 Å². The highest BCUT2D eigenvalue weighted by atomic mass is 35.5. The number of nitrogens with one attached hydrogen (secondary N) is 1. The number of hydrogen-bond donors (Lipinski definition) is 1. The van der Waals surface area contributed by atoms with Crippen LogP contribution in [0.4, 0.5) is 13.6 Å². The molecule has 1 amide bonds. The van der Waals surface area contributed by atoms with Gasteiger partial charge in [-0.1, -0.05) is 11.6 Å². The van der Waals surface area contributed by atoms with Gasteiger partial charge in [0.05, 0.1) is 12.6 Å². The third-order valence-corrected chi connectivity index (χ3v) is 2.54. The number of halogens is 4. The maximum absolute atomic E-state index is 13.5. The molecule has 1 heterocycles. The van der Waals surface area contributed by atoms with Crippen molar-refractivity contribution in [3.63, 3.8) is 0 Å². The highest BCUT2D eigenvalue weighted by Crippen LogP contribution is 2.28. The van der Waals surface area contributed by atoms with E-state index in [1.807, 2.05) is 0 Å². The number of amides is 1. The first-order chi connectivity index (χ1) is 7.58. The Bertz CT molecular complexity index is 419. The quantitative estimate of drug-likeness (QED) is 0.860. The molecule has 1 aliphatic heterocycles. The molecule has 3 nitrogen and oxygen atoms in total. The summed E-state index contributed by atoms with van der Waals surface area (Å²) in [6.07, 6.45) is -0.355. The van der Waals surface area contributed by atoms with E-state index < -0.39 is 23.8 Å². The van der Waals surface area contributed by atoms with Gasteiger partial charge < -0.3 is 10.1 Å². The number of carbonyl (C=O) groups excluding carboxylic acids is 1. The van der Waals surface area contributed by atoms with E-state index >= 15 is 0 Å². The molecule has 1 atom stereocenters. The van der Waals surface area contributed by atoms with Crippen molar-refractivity contribution in [3.8, 4) is 0 Å². The SMILES string of the molecule is Cl.O=C1N[C@@H](c2c(F)cc(Cl)cc2F)CCO1. The molecule has 1 saturated heterocycles. The monoisotopic (exact) mass is 283 g/mol. The topological polar surface area (TPSA) is 38.3 Å². The van der Waals surface area contributed by atoms with Crippen LogP contribution in [-0.2, 0) is 4.74 Å². The van der Waals surface area contributed by atoms with Gasteiger partial charge in [-0.15, -0.1) is 12.4 Å². The van der Waals surface area contributed by atoms with Crippen LogP contribution in [0.5, 0.6) is 0 Å². The molecule has 0 bridgehead atoms. The van der Waals surface area contributed by atoms with Gasteiger partial charge in [-0.2, -0.15) is 0 Å². The molecular weight excluding hydrogens is 275 g/mol. The molecule has 0 unspecified atom stereocenters. The second-order valence-electron chi connectivity index (χ2n) is 3.40. The van der Waals surface area contributed by atoms with Gasteiger partial charge in [0, 0.05) is 17.0 Å². The zero-order chi connectivity index (χ0) is 11.7. The molecule has 0 radical (unpaired) electrons. The Morgan fingerprint density at radius 2 is 1.94 bits per heavy atom. The summed E-state index contributed by atoms with van der Waals surface area (Å²) in [5, 5.41) is 2.33. The molecule has 1 fully saturated rings. The largest absolute Gasteiger partial charge is 0.449 e. The summed E-state index contributed by atoms with van der Waals surface area (Å²) in [7, 11) is 0. The summed E-state index contributed by atoms with van der Waals surface area (Å²) >= 11 is 5.50. The fourth-order valence-corrected chi connectivity index (χ4v) is 1.82. The molecule has 7 heteroatoms. The highest BCUT2D eigenvalue weighted by Gasteiger charge is 2.26. The molecule has 0 saturated carbocycles. The highest BCUT2D eigenvalue weighted by molar-refractivity contribution is 6.30. The fourth-order valence-electron chi connectivity index (χ4n) is 1.63. The average molecular weight is 284 g/mol. The number of alkyl carbamates (subject to hydrolysis) is 1. The van der Waals surface area contributed by atoms with Crippen molar-refractivity contribution in [2.45, 2.75) is 12.5 Å². The standard InChI is InChI=1S/C10H8ClF2NO2.ClH/c11-5-3-6(12)9(7(13)4-5)8-1-2-16-10(15)14-8;/h3-4,8H,1-2H2,(H,14,15);1H/t8-;/m1./s1. The second kappa shape index (κ2) is 5.51. The number of ether oxygens (including phenoxy) is 1. The Labute approximate surface area is 107 Å². The molecule has 1 aromatic rings. The van der Waals surface area contributed by atoms with Crippen LogP contribution in [0, 0.1) is 11.6 Å². The molecule has 17 heavy (non-hydrogen) atoms. The lowest BCUT2D eigenvalue weighted by molar-refractivity contribution is 0.114. The van der Waals surface area contributed by atoms with Crippen LogP contribution in [0.3, 0.4) is 0 Å². The van der Waals surface area contributed by atoms with Gasteiger partial charge >= 0.3 is 6.09 Å². The maximum atomic E-state index is 13.5. The molecule has 0 aliphatic carbocycles. The van der Waals surface area contributed by atoms with Gasteiger partial charge in [0.1, 0.15) is 11.6 Å². The van der Waals surface area contributed by atoms with Gasteiger partial charge in [0.2, 0.25) is 0 Å². The summed E-state index contributed by atoms with van der Waals surface area (Å²) in [5.41, 5.74) is -0.180. The normalized spacial score (nSPS) is 19.0. The zero-order valence-corrected chi connectivity index (χ0v) is 10.1. The van der Waals surface area contributed by atoms with Gasteiger partial charge in [0.25, 0.3) is 0 Å². The summed E-state index contributed by atoms with van der Waals surface area (Å²) in [5.74, 6) is -1.53. The van der Waals surface area contributed by atoms with E-state index in [0.29, 0.717) is 6.42 Å². The predicted molar refractivity (Wildman–Crippen MR) is 60.5 cm³/mol. The molecule has 0 spiro atoms. The van der Waals surface area contributed by atoms with Crippen molar-refractivity contribution in [1.82, 2.24) is 5.32 Å².